The maximum Gasteiger partial charge on any atom is 0.416 e. The molecule has 3 heterocycles. The molecule has 238 valence electrons. The fourth-order valence-corrected chi connectivity index (χ4v) is 5.79. The van der Waals surface area contributed by atoms with Gasteiger partial charge in [0.2, 0.25) is 12.3 Å². The van der Waals surface area contributed by atoms with Gasteiger partial charge in [-0.15, -0.1) is 5.10 Å². The molecule has 0 aliphatic carbocycles. The molecule has 14 heteroatoms. The Kier molecular flexibility index (Phi) is 7.90. The number of phenolic OH excluding ortho intramolecular Hbond substituents is 1. The molecule has 0 saturated heterocycles. The van der Waals surface area contributed by atoms with Gasteiger partial charge in [0.1, 0.15) is 29.9 Å². The van der Waals surface area contributed by atoms with Gasteiger partial charge in [-0.2, -0.15) is 18.4 Å². The molecule has 2 aromatic heterocycles. The first-order valence-corrected chi connectivity index (χ1v) is 14.3. The van der Waals surface area contributed by atoms with Crippen LogP contribution >= 0.6 is 0 Å². The summed E-state index contributed by atoms with van der Waals surface area (Å²) in [5, 5.41) is 25.9. The van der Waals surface area contributed by atoms with E-state index in [4.69, 9.17) is 4.74 Å². The van der Waals surface area contributed by atoms with Gasteiger partial charge in [0, 0.05) is 17.8 Å². The monoisotopic (exact) mass is 642 g/mol. The van der Waals surface area contributed by atoms with E-state index in [1.807, 2.05) is 27.9 Å². The third kappa shape index (κ3) is 5.74. The molecule has 0 radical (unpaired) electrons. The predicted octanol–water partition coefficient (Wildman–Crippen LogP) is 4.68. The Balaban J connectivity index is 1.45. The van der Waals surface area contributed by atoms with Gasteiger partial charge in [0.05, 0.1) is 36.4 Å². The van der Waals surface area contributed by atoms with Crippen molar-refractivity contribution < 1.29 is 32.4 Å². The van der Waals surface area contributed by atoms with Gasteiger partial charge >= 0.3 is 17.8 Å². The van der Waals surface area contributed by atoms with Gasteiger partial charge in [-0.25, -0.2) is 28.4 Å². The topological polar surface area (TPSA) is 133 Å². The number of allylic oxidation sites excluding steroid dienone is 1. The van der Waals surface area contributed by atoms with Crippen LogP contribution in [0.2, 0.25) is 0 Å². The SMILES string of the molecule is COC(=O)C1=C(C)N(c2cccc(C(F)(F)F)c2)c2n[nH]c(=O)n2C1c1ccc(C#N)cc1CC[n+]1ccn(-c2ccc(O)cc2)c1. The Bertz CT molecular complexity index is 2120. The summed E-state index contributed by atoms with van der Waals surface area (Å²) in [6, 6.07) is 17.1. The summed E-state index contributed by atoms with van der Waals surface area (Å²) < 4.78 is 51.1. The number of anilines is 2. The van der Waals surface area contributed by atoms with Crippen LogP contribution in [0, 0.1) is 11.3 Å². The van der Waals surface area contributed by atoms with E-state index in [0.29, 0.717) is 29.7 Å². The number of imidazole rings is 1. The Labute approximate surface area is 265 Å². The number of alkyl halides is 3. The number of nitriles is 1. The first kappa shape index (κ1) is 30.9. The van der Waals surface area contributed by atoms with E-state index in [0.717, 1.165) is 17.8 Å². The quantitative estimate of drug-likeness (QED) is 0.195. The minimum atomic E-state index is -4.64. The first-order valence-electron chi connectivity index (χ1n) is 14.3. The molecule has 1 unspecified atom stereocenters. The second-order valence-corrected chi connectivity index (χ2v) is 10.8. The number of aromatic amines is 1. The van der Waals surface area contributed by atoms with E-state index in [1.54, 1.807) is 49.4 Å². The Morgan fingerprint density at radius 3 is 2.60 bits per heavy atom. The van der Waals surface area contributed by atoms with E-state index in [-0.39, 0.29) is 28.7 Å². The fourth-order valence-electron chi connectivity index (χ4n) is 5.79. The van der Waals surface area contributed by atoms with Gasteiger partial charge in [0.25, 0.3) is 0 Å². The van der Waals surface area contributed by atoms with Crippen LogP contribution < -0.4 is 15.2 Å². The lowest BCUT2D eigenvalue weighted by molar-refractivity contribution is -0.695. The highest BCUT2D eigenvalue weighted by Gasteiger charge is 2.41. The summed E-state index contributed by atoms with van der Waals surface area (Å²) in [6.45, 7) is 1.99. The lowest BCUT2D eigenvalue weighted by Gasteiger charge is -2.36. The number of nitrogens with one attached hydrogen (secondary N) is 1. The third-order valence-corrected chi connectivity index (χ3v) is 8.02. The van der Waals surface area contributed by atoms with Crippen molar-refractivity contribution in [1.29, 1.82) is 5.26 Å². The lowest BCUT2D eigenvalue weighted by Crippen LogP contribution is -2.38. The van der Waals surface area contributed by atoms with E-state index >= 15 is 0 Å². The summed E-state index contributed by atoms with van der Waals surface area (Å²) in [7, 11) is 1.18. The van der Waals surface area contributed by atoms with Gasteiger partial charge < -0.3 is 9.84 Å². The highest BCUT2D eigenvalue weighted by molar-refractivity contribution is 5.93. The minimum absolute atomic E-state index is 0.0120. The number of rotatable bonds is 7. The Morgan fingerprint density at radius 2 is 1.89 bits per heavy atom. The molecule has 2 N–H and O–H groups in total. The van der Waals surface area contributed by atoms with Crippen molar-refractivity contribution in [3.8, 4) is 17.5 Å². The molecule has 3 aromatic carbocycles. The highest BCUT2D eigenvalue weighted by atomic mass is 19.4. The van der Waals surface area contributed by atoms with Crippen molar-refractivity contribution >= 4 is 17.6 Å². The molecule has 0 saturated carbocycles. The summed E-state index contributed by atoms with van der Waals surface area (Å²) in [5.41, 5.74) is 0.990. The molecule has 1 atom stereocenters. The van der Waals surface area contributed by atoms with Crippen LogP contribution in [0.1, 0.15) is 35.2 Å². The second-order valence-electron chi connectivity index (χ2n) is 10.8. The van der Waals surface area contributed by atoms with Crippen molar-refractivity contribution in [3.05, 3.63) is 129 Å². The summed E-state index contributed by atoms with van der Waals surface area (Å²) in [4.78, 5) is 28.2. The van der Waals surface area contributed by atoms with Crippen LogP contribution in [0.15, 0.2) is 102 Å². The van der Waals surface area contributed by atoms with E-state index < -0.39 is 29.4 Å². The number of benzene rings is 3. The zero-order valence-corrected chi connectivity index (χ0v) is 25.1. The highest BCUT2D eigenvalue weighted by Crippen LogP contribution is 2.43. The number of methoxy groups -OCH3 is 1. The number of fused-ring (bicyclic) bond motifs is 1. The zero-order valence-electron chi connectivity index (χ0n) is 25.1. The van der Waals surface area contributed by atoms with Crippen molar-refractivity contribution in [2.45, 2.75) is 32.1 Å². The number of aryl methyl sites for hydroxylation is 2. The second kappa shape index (κ2) is 12.0. The number of aromatic hydroxyl groups is 1. The largest absolute Gasteiger partial charge is 0.508 e. The standard InChI is InChI=1S/C33H26F3N7O4/c1-20-28(30(45)47-2)29(43-31(38-39-32(43)46)42(20)25-5-3-4-23(17-25)33(34,35)36)27-11-6-21(18-37)16-22(27)12-13-40-14-15-41(19-40)24-7-9-26(44)10-8-24/h3-11,14-17,19,29H,12-13H2,1-2H3,(H-,39,44,46)/p+1. The normalized spacial score (nSPS) is 14.6. The van der Waals surface area contributed by atoms with Crippen LogP contribution in [0.4, 0.5) is 24.8 Å². The molecule has 11 nitrogen and oxygen atoms in total. The average molecular weight is 643 g/mol. The summed E-state index contributed by atoms with van der Waals surface area (Å²) in [6.07, 6.45) is 1.30. The van der Waals surface area contributed by atoms with Crippen LogP contribution in [0.3, 0.4) is 0 Å². The average Bonchev–Trinajstić information content (AvgIpc) is 3.69. The van der Waals surface area contributed by atoms with Gasteiger partial charge in [-0.3, -0.25) is 4.90 Å². The smallest absolute Gasteiger partial charge is 0.416 e. The van der Waals surface area contributed by atoms with Gasteiger partial charge in [-0.1, -0.05) is 12.1 Å². The molecule has 0 spiro atoms. The Hall–Kier alpha value is -6.10. The van der Waals surface area contributed by atoms with E-state index in [9.17, 15) is 33.1 Å². The molecular formula is C33H27F3N7O4+. The van der Waals surface area contributed by atoms with Crippen LogP contribution in [0.25, 0.3) is 5.69 Å². The fraction of sp³-hybridized carbons (Fsp3) is 0.182. The zero-order chi connectivity index (χ0) is 33.5. The molecule has 5 aromatic rings. The van der Waals surface area contributed by atoms with Crippen LogP contribution in [0.5, 0.6) is 5.75 Å². The number of hydrogen-bond donors (Lipinski definition) is 2. The number of aromatic nitrogens is 5. The summed E-state index contributed by atoms with van der Waals surface area (Å²) >= 11 is 0. The molecule has 6 rings (SSSR count). The van der Waals surface area contributed by atoms with Crippen molar-refractivity contribution in [1.82, 2.24) is 19.3 Å². The number of carbonyl (C=O) groups excluding carboxylic acids is 1. The Morgan fingerprint density at radius 1 is 1.13 bits per heavy atom. The molecule has 47 heavy (non-hydrogen) atoms. The van der Waals surface area contributed by atoms with Gasteiger partial charge in [-0.05, 0) is 72.6 Å². The maximum absolute atomic E-state index is 13.7. The molecule has 0 bridgehead atoms. The van der Waals surface area contributed by atoms with E-state index in [2.05, 4.69) is 16.3 Å². The lowest BCUT2D eigenvalue weighted by atomic mass is 9.89. The molecule has 0 fully saturated rings. The number of ether oxygens (including phenoxy) is 1. The van der Waals surface area contributed by atoms with E-state index in [1.165, 1.54) is 28.7 Å². The molecule has 0 amide bonds. The number of carbonyl (C=O) groups is 1. The number of nitrogens with zero attached hydrogens (tertiary/aromatic N) is 6. The van der Waals surface area contributed by atoms with Crippen LogP contribution in [-0.4, -0.2) is 37.5 Å². The van der Waals surface area contributed by atoms with Gasteiger partial charge in [0.15, 0.2) is 0 Å². The molecule has 1 aliphatic rings. The van der Waals surface area contributed by atoms with Crippen LogP contribution in [-0.2, 0) is 28.7 Å². The van der Waals surface area contributed by atoms with Crippen molar-refractivity contribution in [2.24, 2.45) is 0 Å². The third-order valence-electron chi connectivity index (χ3n) is 8.02. The molecular weight excluding hydrogens is 615 g/mol. The number of phenols is 1. The van der Waals surface area contributed by atoms with Crippen molar-refractivity contribution in [2.75, 3.05) is 12.0 Å². The minimum Gasteiger partial charge on any atom is -0.508 e. The number of H-pyrrole nitrogens is 1. The predicted molar refractivity (Wildman–Crippen MR) is 162 cm³/mol. The number of esters is 1. The maximum atomic E-state index is 13.7. The van der Waals surface area contributed by atoms with Crippen molar-refractivity contribution in [3.63, 3.8) is 0 Å². The first-order chi connectivity index (χ1) is 22.5. The summed E-state index contributed by atoms with van der Waals surface area (Å²) in [5.74, 6) is -0.672. The number of halogens is 3. The molecule has 1 aliphatic heterocycles. The number of hydrogen-bond acceptors (Lipinski definition) is 7.